The average molecular weight is 673 g/mol. The standard InChI is InChI=1S/C39H64N2O7/c1-3-5-7-9-11-13-15-17-19-21-24-28-34(48-38(45)31-27-22-20-18-16-14-12-10-8-6-4-2)29-25-23-26-30-36(43)40-32-37(44)41-35(33-42)39(46)47/h5,7,10-13,17,19,24,28,34-35,42H,3-4,6,8-9,14-16,18,20-23,25-27,29-33H2,1-2H3,(H,40,43)(H,41,44)(H,46,47)/b7-5-,12-10-,13-11-,19-17-,28-24-. The Morgan fingerprint density at radius 2 is 1.25 bits per heavy atom. The molecule has 272 valence electrons. The normalized spacial score (nSPS) is 13.2. The summed E-state index contributed by atoms with van der Waals surface area (Å²) in [5.41, 5.74) is 0. The first-order chi connectivity index (χ1) is 23.3. The van der Waals surface area contributed by atoms with Crippen molar-refractivity contribution in [3.8, 4) is 0 Å². The van der Waals surface area contributed by atoms with E-state index in [2.05, 4.69) is 73.1 Å². The summed E-state index contributed by atoms with van der Waals surface area (Å²) in [7, 11) is 0. The molecule has 0 spiro atoms. The number of aliphatic carboxylic acids is 1. The fraction of sp³-hybridized carbons (Fsp3) is 0.641. The van der Waals surface area contributed by atoms with Crippen LogP contribution in [0.15, 0.2) is 60.8 Å². The minimum absolute atomic E-state index is 0.176. The van der Waals surface area contributed by atoms with Gasteiger partial charge in [-0.1, -0.05) is 107 Å². The molecule has 0 rings (SSSR count). The molecule has 9 nitrogen and oxygen atoms in total. The zero-order valence-corrected chi connectivity index (χ0v) is 29.7. The lowest BCUT2D eigenvalue weighted by atomic mass is 10.1. The summed E-state index contributed by atoms with van der Waals surface area (Å²) in [6, 6.07) is -1.40. The number of nitrogens with one attached hydrogen (secondary N) is 2. The molecule has 2 amide bonds. The van der Waals surface area contributed by atoms with Gasteiger partial charge < -0.3 is 25.6 Å². The summed E-state index contributed by atoms with van der Waals surface area (Å²) in [6.45, 7) is 3.24. The van der Waals surface area contributed by atoms with E-state index in [1.54, 1.807) is 0 Å². The Hall–Kier alpha value is -3.46. The fourth-order valence-electron chi connectivity index (χ4n) is 4.66. The van der Waals surface area contributed by atoms with Gasteiger partial charge in [0.05, 0.1) is 13.2 Å². The first kappa shape index (κ1) is 44.5. The highest BCUT2D eigenvalue weighted by Crippen LogP contribution is 2.14. The summed E-state index contributed by atoms with van der Waals surface area (Å²) < 4.78 is 5.82. The van der Waals surface area contributed by atoms with Crippen molar-refractivity contribution in [2.75, 3.05) is 13.2 Å². The van der Waals surface area contributed by atoms with Crippen molar-refractivity contribution in [2.45, 2.75) is 148 Å². The molecule has 0 aromatic heterocycles. The van der Waals surface area contributed by atoms with Crippen LogP contribution in [0.3, 0.4) is 0 Å². The molecule has 0 aromatic carbocycles. The number of ether oxygens (including phenoxy) is 1. The molecule has 0 aromatic rings. The maximum Gasteiger partial charge on any atom is 0.328 e. The number of aliphatic hydroxyl groups is 1. The van der Waals surface area contributed by atoms with Crippen LogP contribution in [-0.2, 0) is 23.9 Å². The van der Waals surface area contributed by atoms with Gasteiger partial charge in [0.2, 0.25) is 11.8 Å². The number of hydrogen-bond donors (Lipinski definition) is 4. The van der Waals surface area contributed by atoms with Crippen molar-refractivity contribution < 1.29 is 34.1 Å². The molecule has 0 aliphatic rings. The Morgan fingerprint density at radius 1 is 0.667 bits per heavy atom. The molecule has 0 fully saturated rings. The second-order valence-electron chi connectivity index (χ2n) is 11.9. The van der Waals surface area contributed by atoms with Crippen LogP contribution in [0, 0.1) is 0 Å². The number of hydrogen-bond acceptors (Lipinski definition) is 6. The van der Waals surface area contributed by atoms with Crippen LogP contribution in [0.2, 0.25) is 0 Å². The monoisotopic (exact) mass is 672 g/mol. The van der Waals surface area contributed by atoms with Gasteiger partial charge in [-0.05, 0) is 76.7 Å². The lowest BCUT2D eigenvalue weighted by molar-refractivity contribution is -0.147. The van der Waals surface area contributed by atoms with Gasteiger partial charge in [0.15, 0.2) is 0 Å². The molecule has 0 bridgehead atoms. The number of carbonyl (C=O) groups excluding carboxylic acids is 3. The molecule has 0 saturated heterocycles. The Balaban J connectivity index is 4.56. The fourth-order valence-corrected chi connectivity index (χ4v) is 4.66. The van der Waals surface area contributed by atoms with Gasteiger partial charge in [-0.25, -0.2) is 4.79 Å². The number of allylic oxidation sites excluding steroid dienone is 9. The number of rotatable bonds is 31. The Bertz CT molecular complexity index is 1000. The van der Waals surface area contributed by atoms with Gasteiger partial charge in [0, 0.05) is 12.8 Å². The van der Waals surface area contributed by atoms with E-state index < -0.39 is 24.5 Å². The summed E-state index contributed by atoms with van der Waals surface area (Å²) in [4.78, 5) is 47.4. The summed E-state index contributed by atoms with van der Waals surface area (Å²) in [5.74, 6) is -2.52. The van der Waals surface area contributed by atoms with Crippen LogP contribution in [0.4, 0.5) is 0 Å². The minimum Gasteiger partial charge on any atom is -0.480 e. The molecule has 0 saturated carbocycles. The van der Waals surface area contributed by atoms with Crippen molar-refractivity contribution in [2.24, 2.45) is 0 Å². The number of aliphatic hydroxyl groups excluding tert-OH is 1. The van der Waals surface area contributed by atoms with Crippen molar-refractivity contribution in [1.29, 1.82) is 0 Å². The van der Waals surface area contributed by atoms with E-state index in [0.29, 0.717) is 19.3 Å². The Morgan fingerprint density at radius 3 is 1.90 bits per heavy atom. The van der Waals surface area contributed by atoms with E-state index in [1.807, 2.05) is 12.2 Å². The third kappa shape index (κ3) is 29.9. The van der Waals surface area contributed by atoms with Crippen molar-refractivity contribution in [3.05, 3.63) is 60.8 Å². The van der Waals surface area contributed by atoms with Crippen LogP contribution in [0.25, 0.3) is 0 Å². The number of carbonyl (C=O) groups is 4. The molecule has 4 N–H and O–H groups in total. The molecule has 0 heterocycles. The smallest absolute Gasteiger partial charge is 0.328 e. The Labute approximate surface area is 290 Å². The average Bonchev–Trinajstić information content (AvgIpc) is 3.07. The minimum atomic E-state index is -1.40. The van der Waals surface area contributed by atoms with E-state index >= 15 is 0 Å². The number of esters is 1. The first-order valence-corrected chi connectivity index (χ1v) is 18.2. The molecule has 0 aliphatic heterocycles. The lowest BCUT2D eigenvalue weighted by Crippen LogP contribution is -2.47. The van der Waals surface area contributed by atoms with Gasteiger partial charge in [0.25, 0.3) is 0 Å². The summed E-state index contributed by atoms with van der Waals surface area (Å²) in [5, 5.41) is 22.5. The van der Waals surface area contributed by atoms with Gasteiger partial charge in [-0.2, -0.15) is 0 Å². The van der Waals surface area contributed by atoms with Crippen molar-refractivity contribution >= 4 is 23.8 Å². The maximum absolute atomic E-state index is 12.6. The molecule has 9 heteroatoms. The van der Waals surface area contributed by atoms with Gasteiger partial charge >= 0.3 is 11.9 Å². The second-order valence-corrected chi connectivity index (χ2v) is 11.9. The third-order valence-electron chi connectivity index (χ3n) is 7.48. The maximum atomic E-state index is 12.6. The van der Waals surface area contributed by atoms with E-state index in [9.17, 15) is 19.2 Å². The van der Waals surface area contributed by atoms with Crippen LogP contribution < -0.4 is 10.6 Å². The summed E-state index contributed by atoms with van der Waals surface area (Å²) in [6.07, 6.45) is 38.3. The Kier molecular flexibility index (Phi) is 31.0. The largest absolute Gasteiger partial charge is 0.480 e. The zero-order chi connectivity index (χ0) is 35.5. The third-order valence-corrected chi connectivity index (χ3v) is 7.48. The van der Waals surface area contributed by atoms with E-state index in [1.165, 1.54) is 32.1 Å². The van der Waals surface area contributed by atoms with Crippen molar-refractivity contribution in [3.63, 3.8) is 0 Å². The van der Waals surface area contributed by atoms with E-state index in [0.717, 1.165) is 64.2 Å². The predicted octanol–water partition coefficient (Wildman–Crippen LogP) is 7.81. The van der Waals surface area contributed by atoms with Gasteiger partial charge in [-0.3, -0.25) is 14.4 Å². The highest BCUT2D eigenvalue weighted by molar-refractivity contribution is 5.87. The highest BCUT2D eigenvalue weighted by atomic mass is 16.5. The van der Waals surface area contributed by atoms with E-state index in [-0.39, 0.29) is 30.9 Å². The molecule has 48 heavy (non-hydrogen) atoms. The van der Waals surface area contributed by atoms with Crippen LogP contribution in [0.5, 0.6) is 0 Å². The number of carboxylic acid groups (broad SMARTS) is 1. The van der Waals surface area contributed by atoms with Gasteiger partial charge in [0.1, 0.15) is 12.1 Å². The number of unbranched alkanes of at least 4 members (excludes halogenated alkanes) is 9. The zero-order valence-electron chi connectivity index (χ0n) is 29.7. The van der Waals surface area contributed by atoms with E-state index in [4.69, 9.17) is 14.9 Å². The molecular formula is C39H64N2O7. The predicted molar refractivity (Wildman–Crippen MR) is 194 cm³/mol. The van der Waals surface area contributed by atoms with Gasteiger partial charge in [-0.15, -0.1) is 0 Å². The second kappa shape index (κ2) is 33.4. The SMILES string of the molecule is CC/C=C\C/C=C\C/C=C\C/C=C\C(CCCCCC(=O)NCC(=O)NC(CO)C(=O)O)OC(=O)CCCCCCC/C=C\CCCC. The van der Waals surface area contributed by atoms with Crippen LogP contribution >= 0.6 is 0 Å². The number of amides is 2. The van der Waals surface area contributed by atoms with Crippen LogP contribution in [-0.4, -0.2) is 59.3 Å². The molecule has 0 aliphatic carbocycles. The molecule has 0 radical (unpaired) electrons. The lowest BCUT2D eigenvalue weighted by Gasteiger charge is -2.15. The van der Waals surface area contributed by atoms with Crippen LogP contribution in [0.1, 0.15) is 136 Å². The summed E-state index contributed by atoms with van der Waals surface area (Å²) >= 11 is 0. The molecule has 2 atom stereocenters. The quantitative estimate of drug-likeness (QED) is 0.0334. The topological polar surface area (TPSA) is 142 Å². The molecular weight excluding hydrogens is 608 g/mol. The first-order valence-electron chi connectivity index (χ1n) is 18.2. The highest BCUT2D eigenvalue weighted by Gasteiger charge is 2.18. The number of carboxylic acids is 1. The van der Waals surface area contributed by atoms with Crippen molar-refractivity contribution in [1.82, 2.24) is 10.6 Å². The molecule has 2 unspecified atom stereocenters.